The third-order valence-electron chi connectivity index (χ3n) is 2.92. The Kier molecular flexibility index (Phi) is 4.06. The summed E-state index contributed by atoms with van der Waals surface area (Å²) in [6.45, 7) is 0.393. The fourth-order valence-electron chi connectivity index (χ4n) is 1.69. The van der Waals surface area contributed by atoms with Crippen molar-refractivity contribution in [3.8, 4) is 11.8 Å². The highest BCUT2D eigenvalue weighted by Crippen LogP contribution is 2.21. The van der Waals surface area contributed by atoms with Crippen LogP contribution in [-0.4, -0.2) is 32.8 Å². The predicted octanol–water partition coefficient (Wildman–Crippen LogP) is 1.78. The Balaban J connectivity index is 1.88. The van der Waals surface area contributed by atoms with Crippen molar-refractivity contribution in [2.45, 2.75) is 24.9 Å². The van der Waals surface area contributed by atoms with Gasteiger partial charge < -0.3 is 9.64 Å². The summed E-state index contributed by atoms with van der Waals surface area (Å²) in [5, 5.41) is 12.3. The zero-order valence-electron chi connectivity index (χ0n) is 10.9. The molecule has 0 amide bonds. The zero-order chi connectivity index (χ0) is 13.0. The van der Waals surface area contributed by atoms with E-state index in [1.54, 1.807) is 0 Å². The Morgan fingerprint density at radius 2 is 2.28 bits per heavy atom. The molecule has 18 heavy (non-hydrogen) atoms. The van der Waals surface area contributed by atoms with E-state index in [0.717, 1.165) is 11.4 Å². The molecule has 1 unspecified atom stereocenters. The maximum atomic E-state index is 9.02. The summed E-state index contributed by atoms with van der Waals surface area (Å²) in [7, 11) is 3.98. The van der Waals surface area contributed by atoms with Gasteiger partial charge in [0.15, 0.2) is 0 Å². The first-order valence-electron chi connectivity index (χ1n) is 6.25. The van der Waals surface area contributed by atoms with E-state index < -0.39 is 0 Å². The second kappa shape index (κ2) is 5.74. The third-order valence-corrected chi connectivity index (χ3v) is 2.92. The summed E-state index contributed by atoms with van der Waals surface area (Å²) in [5.74, 6) is 0.805. The van der Waals surface area contributed by atoms with E-state index in [-0.39, 0.29) is 6.04 Å². The van der Waals surface area contributed by atoms with Gasteiger partial charge in [0.2, 0.25) is 0 Å². The topological polar surface area (TPSA) is 48.3 Å². The molecule has 1 saturated carbocycles. The number of rotatable bonds is 6. The molecule has 4 nitrogen and oxygen atoms in total. The minimum absolute atomic E-state index is 0.222. The molecule has 0 aromatic heterocycles. The molecule has 1 aromatic carbocycles. The summed E-state index contributed by atoms with van der Waals surface area (Å²) in [6, 6.07) is 10.4. The van der Waals surface area contributed by atoms with E-state index in [0.29, 0.717) is 12.6 Å². The van der Waals surface area contributed by atoms with E-state index >= 15 is 0 Å². The highest BCUT2D eigenvalue weighted by Gasteiger charge is 2.24. The normalized spacial score (nSPS) is 15.8. The first-order chi connectivity index (χ1) is 8.69. The molecule has 2 rings (SSSR count). The summed E-state index contributed by atoms with van der Waals surface area (Å²) < 4.78 is 5.67. The second-order valence-corrected chi connectivity index (χ2v) is 4.83. The molecule has 1 aliphatic rings. The molecule has 0 radical (unpaired) electrons. The molecule has 0 spiro atoms. The number of anilines is 1. The molecule has 1 aliphatic carbocycles. The minimum Gasteiger partial charge on any atom is -0.491 e. The van der Waals surface area contributed by atoms with Crippen LogP contribution >= 0.6 is 0 Å². The van der Waals surface area contributed by atoms with Gasteiger partial charge >= 0.3 is 0 Å². The number of nitrogens with zero attached hydrogens (tertiary/aromatic N) is 2. The molecular formula is C14H19N3O. The molecule has 1 N–H and O–H groups in total. The van der Waals surface area contributed by atoms with E-state index in [4.69, 9.17) is 10.00 Å². The average Bonchev–Trinajstić information content (AvgIpc) is 3.18. The highest BCUT2D eigenvalue weighted by atomic mass is 16.5. The van der Waals surface area contributed by atoms with Crippen molar-refractivity contribution >= 4 is 5.69 Å². The molecule has 96 valence electrons. The van der Waals surface area contributed by atoms with Crippen molar-refractivity contribution in [2.24, 2.45) is 0 Å². The first-order valence-corrected chi connectivity index (χ1v) is 6.25. The van der Waals surface area contributed by atoms with Gasteiger partial charge in [-0.05, 0) is 25.0 Å². The van der Waals surface area contributed by atoms with Crippen LogP contribution < -0.4 is 15.0 Å². The van der Waals surface area contributed by atoms with Crippen LogP contribution in [0.5, 0.6) is 5.75 Å². The van der Waals surface area contributed by atoms with E-state index in [9.17, 15) is 0 Å². The zero-order valence-corrected chi connectivity index (χ0v) is 10.9. The Hall–Kier alpha value is -1.73. The van der Waals surface area contributed by atoms with Crippen molar-refractivity contribution in [2.75, 3.05) is 25.6 Å². The van der Waals surface area contributed by atoms with Crippen LogP contribution in [0, 0.1) is 11.3 Å². The molecule has 4 heteroatoms. The van der Waals surface area contributed by atoms with E-state index in [1.165, 1.54) is 12.8 Å². The Morgan fingerprint density at radius 3 is 2.89 bits per heavy atom. The minimum atomic E-state index is -0.222. The second-order valence-electron chi connectivity index (χ2n) is 4.83. The van der Waals surface area contributed by atoms with Crippen LogP contribution in [0.2, 0.25) is 0 Å². The predicted molar refractivity (Wildman–Crippen MR) is 71.8 cm³/mol. The largest absolute Gasteiger partial charge is 0.491 e. The number of benzene rings is 1. The van der Waals surface area contributed by atoms with Gasteiger partial charge in [-0.3, -0.25) is 5.32 Å². The standard InChI is InChI=1S/C14H19N3O/c1-17(2)13-4-3-5-14(8-13)18-10-12(9-15)16-11-6-7-11/h3-5,8,11-12,16H,6-7,10H2,1-2H3. The Morgan fingerprint density at radius 1 is 1.50 bits per heavy atom. The lowest BCUT2D eigenvalue weighted by Crippen LogP contribution is -2.34. The molecule has 1 aromatic rings. The molecule has 0 bridgehead atoms. The monoisotopic (exact) mass is 245 g/mol. The van der Waals surface area contributed by atoms with Crippen molar-refractivity contribution in [1.29, 1.82) is 5.26 Å². The first kappa shape index (κ1) is 12.7. The molecule has 0 aliphatic heterocycles. The van der Waals surface area contributed by atoms with Gasteiger partial charge in [-0.25, -0.2) is 0 Å². The summed E-state index contributed by atoms with van der Waals surface area (Å²) in [4.78, 5) is 2.02. The number of ether oxygens (including phenoxy) is 1. The van der Waals surface area contributed by atoms with Crippen LogP contribution in [0.3, 0.4) is 0 Å². The van der Waals surface area contributed by atoms with Crippen LogP contribution in [-0.2, 0) is 0 Å². The number of nitrogens with one attached hydrogen (secondary N) is 1. The summed E-state index contributed by atoms with van der Waals surface area (Å²) in [5.41, 5.74) is 1.09. The number of hydrogen-bond acceptors (Lipinski definition) is 4. The lowest BCUT2D eigenvalue weighted by molar-refractivity contribution is 0.288. The Bertz CT molecular complexity index is 435. The van der Waals surface area contributed by atoms with Crippen LogP contribution in [0.4, 0.5) is 5.69 Å². The number of hydrogen-bond donors (Lipinski definition) is 1. The molecule has 1 atom stereocenters. The maximum absolute atomic E-state index is 9.02. The quantitative estimate of drug-likeness (QED) is 0.830. The lowest BCUT2D eigenvalue weighted by Gasteiger charge is -2.15. The highest BCUT2D eigenvalue weighted by molar-refractivity contribution is 5.49. The van der Waals surface area contributed by atoms with E-state index in [1.807, 2.05) is 43.3 Å². The van der Waals surface area contributed by atoms with Gasteiger partial charge in [0.05, 0.1) is 6.07 Å². The molecular weight excluding hydrogens is 226 g/mol. The van der Waals surface area contributed by atoms with Crippen molar-refractivity contribution < 1.29 is 4.74 Å². The molecule has 0 heterocycles. The fraction of sp³-hybridized carbons (Fsp3) is 0.500. The molecule has 0 saturated heterocycles. The van der Waals surface area contributed by atoms with Gasteiger partial charge in [-0.1, -0.05) is 6.07 Å². The fourth-order valence-corrected chi connectivity index (χ4v) is 1.69. The smallest absolute Gasteiger partial charge is 0.130 e. The lowest BCUT2D eigenvalue weighted by atomic mass is 10.3. The summed E-state index contributed by atoms with van der Waals surface area (Å²) in [6.07, 6.45) is 2.35. The van der Waals surface area contributed by atoms with Crippen molar-refractivity contribution in [1.82, 2.24) is 5.32 Å². The van der Waals surface area contributed by atoms with Gasteiger partial charge in [0.25, 0.3) is 0 Å². The van der Waals surface area contributed by atoms with Gasteiger partial charge in [0, 0.05) is 31.9 Å². The van der Waals surface area contributed by atoms with Gasteiger partial charge in [-0.15, -0.1) is 0 Å². The van der Waals surface area contributed by atoms with Gasteiger partial charge in [0.1, 0.15) is 18.4 Å². The third kappa shape index (κ3) is 3.64. The van der Waals surface area contributed by atoms with Gasteiger partial charge in [-0.2, -0.15) is 5.26 Å². The summed E-state index contributed by atoms with van der Waals surface area (Å²) >= 11 is 0. The molecule has 1 fully saturated rings. The maximum Gasteiger partial charge on any atom is 0.130 e. The average molecular weight is 245 g/mol. The number of nitriles is 1. The van der Waals surface area contributed by atoms with Crippen LogP contribution in [0.15, 0.2) is 24.3 Å². The van der Waals surface area contributed by atoms with Crippen LogP contribution in [0.25, 0.3) is 0 Å². The van der Waals surface area contributed by atoms with E-state index in [2.05, 4.69) is 11.4 Å². The van der Waals surface area contributed by atoms with Crippen molar-refractivity contribution in [3.05, 3.63) is 24.3 Å². The Labute approximate surface area is 108 Å². The van der Waals surface area contributed by atoms with Crippen molar-refractivity contribution in [3.63, 3.8) is 0 Å². The van der Waals surface area contributed by atoms with Crippen LogP contribution in [0.1, 0.15) is 12.8 Å². The SMILES string of the molecule is CN(C)c1cccc(OCC(C#N)NC2CC2)c1.